The van der Waals surface area contributed by atoms with E-state index in [0.717, 1.165) is 24.4 Å². The summed E-state index contributed by atoms with van der Waals surface area (Å²) in [4.78, 5) is 9.03. The third-order valence-corrected chi connectivity index (χ3v) is 3.95. The molecule has 0 unspecified atom stereocenters. The van der Waals surface area contributed by atoms with Gasteiger partial charge < -0.3 is 4.98 Å². The van der Waals surface area contributed by atoms with E-state index in [1.165, 1.54) is 16.2 Å². The average Bonchev–Trinajstić information content (AvgIpc) is 2.36. The highest BCUT2D eigenvalue weighted by atomic mass is 32.2. The van der Waals surface area contributed by atoms with Crippen molar-refractivity contribution in [2.24, 2.45) is 0 Å². The van der Waals surface area contributed by atoms with Gasteiger partial charge in [-0.25, -0.2) is 4.98 Å². The van der Waals surface area contributed by atoms with Gasteiger partial charge in [-0.2, -0.15) is 0 Å². The van der Waals surface area contributed by atoms with Crippen LogP contribution in [0.5, 0.6) is 0 Å². The Kier molecular flexibility index (Phi) is 5.16. The van der Waals surface area contributed by atoms with E-state index < -0.39 is 0 Å². The van der Waals surface area contributed by atoms with E-state index in [0.29, 0.717) is 4.64 Å². The predicted molar refractivity (Wildman–Crippen MR) is 84.2 cm³/mol. The molecule has 0 spiro atoms. The number of aromatic amines is 1. The summed E-state index contributed by atoms with van der Waals surface area (Å²) in [6.45, 7) is 4.27. The van der Waals surface area contributed by atoms with Crippen LogP contribution in [0.3, 0.4) is 0 Å². The van der Waals surface area contributed by atoms with E-state index in [2.05, 4.69) is 48.1 Å². The molecule has 0 atom stereocenters. The van der Waals surface area contributed by atoms with Crippen molar-refractivity contribution in [1.82, 2.24) is 9.97 Å². The Morgan fingerprint density at radius 2 is 2.16 bits per heavy atom. The molecule has 0 fully saturated rings. The average molecular weight is 290 g/mol. The second-order valence-corrected chi connectivity index (χ2v) is 6.01. The molecule has 1 N–H and O–H groups in total. The molecule has 0 aliphatic rings. The standard InChI is InChI=1S/C15H18N2S2/c1-3-5-12-9-15(18)17-14(16-12)10-19-13-7-4-6-11(2)8-13/h4,6-9H,3,5,10H2,1-2H3,(H,16,17,18). The molecule has 0 aliphatic heterocycles. The first-order chi connectivity index (χ1) is 9.17. The van der Waals surface area contributed by atoms with Crippen molar-refractivity contribution in [3.8, 4) is 0 Å². The van der Waals surface area contributed by atoms with Crippen molar-refractivity contribution >= 4 is 24.0 Å². The number of aromatic nitrogens is 2. The minimum Gasteiger partial charge on any atom is -0.346 e. The van der Waals surface area contributed by atoms with Gasteiger partial charge in [-0.15, -0.1) is 11.8 Å². The lowest BCUT2D eigenvalue weighted by atomic mass is 10.2. The third kappa shape index (κ3) is 4.48. The highest BCUT2D eigenvalue weighted by Crippen LogP contribution is 2.22. The second kappa shape index (κ2) is 6.87. The Morgan fingerprint density at radius 1 is 1.32 bits per heavy atom. The van der Waals surface area contributed by atoms with Gasteiger partial charge in [-0.05, 0) is 31.5 Å². The van der Waals surface area contributed by atoms with Crippen LogP contribution in [0, 0.1) is 11.6 Å². The normalized spacial score (nSPS) is 10.6. The summed E-state index contributed by atoms with van der Waals surface area (Å²) >= 11 is 7.00. The van der Waals surface area contributed by atoms with Gasteiger partial charge in [0.05, 0.1) is 5.75 Å². The van der Waals surface area contributed by atoms with Crippen molar-refractivity contribution in [3.63, 3.8) is 0 Å². The SMILES string of the molecule is CCCc1cc(=S)nc(CSc2cccc(C)c2)[nH]1. The summed E-state index contributed by atoms with van der Waals surface area (Å²) in [7, 11) is 0. The van der Waals surface area contributed by atoms with Crippen LogP contribution in [0.4, 0.5) is 0 Å². The zero-order valence-corrected chi connectivity index (χ0v) is 12.9. The highest BCUT2D eigenvalue weighted by molar-refractivity contribution is 7.98. The summed E-state index contributed by atoms with van der Waals surface area (Å²) in [5.41, 5.74) is 2.47. The molecule has 100 valence electrons. The van der Waals surface area contributed by atoms with Gasteiger partial charge in [-0.3, -0.25) is 0 Å². The highest BCUT2D eigenvalue weighted by Gasteiger charge is 2.01. The number of hydrogen-bond acceptors (Lipinski definition) is 3. The lowest BCUT2D eigenvalue weighted by Crippen LogP contribution is -1.98. The van der Waals surface area contributed by atoms with Crippen LogP contribution in [0.15, 0.2) is 35.2 Å². The molecule has 0 saturated heterocycles. The van der Waals surface area contributed by atoms with Crippen LogP contribution in [0.2, 0.25) is 0 Å². The summed E-state index contributed by atoms with van der Waals surface area (Å²) in [6.07, 6.45) is 2.13. The third-order valence-electron chi connectivity index (χ3n) is 2.73. The van der Waals surface area contributed by atoms with Gasteiger partial charge in [0.15, 0.2) is 0 Å². The molecule has 0 radical (unpaired) electrons. The van der Waals surface area contributed by atoms with E-state index in [4.69, 9.17) is 12.2 Å². The zero-order chi connectivity index (χ0) is 13.7. The molecular formula is C15H18N2S2. The number of nitrogens with one attached hydrogen (secondary N) is 1. The van der Waals surface area contributed by atoms with Crippen molar-refractivity contribution in [2.75, 3.05) is 0 Å². The molecule has 2 nitrogen and oxygen atoms in total. The quantitative estimate of drug-likeness (QED) is 0.639. The number of benzene rings is 1. The molecule has 1 heterocycles. The number of hydrogen-bond donors (Lipinski definition) is 1. The lowest BCUT2D eigenvalue weighted by Gasteiger charge is -2.05. The Hall–Kier alpha value is -1.13. The van der Waals surface area contributed by atoms with Crippen molar-refractivity contribution < 1.29 is 0 Å². The molecule has 2 aromatic rings. The van der Waals surface area contributed by atoms with Gasteiger partial charge in [0, 0.05) is 10.6 Å². The van der Waals surface area contributed by atoms with Crippen molar-refractivity contribution in [3.05, 3.63) is 52.1 Å². The van der Waals surface area contributed by atoms with Crippen LogP contribution in [-0.4, -0.2) is 9.97 Å². The Morgan fingerprint density at radius 3 is 2.89 bits per heavy atom. The maximum absolute atomic E-state index is 5.21. The molecule has 19 heavy (non-hydrogen) atoms. The van der Waals surface area contributed by atoms with E-state index in [-0.39, 0.29) is 0 Å². The van der Waals surface area contributed by atoms with Gasteiger partial charge in [0.25, 0.3) is 0 Å². The summed E-state index contributed by atoms with van der Waals surface area (Å²) < 4.78 is 0.682. The lowest BCUT2D eigenvalue weighted by molar-refractivity contribution is 0.850. The van der Waals surface area contributed by atoms with Gasteiger partial charge in [0.2, 0.25) is 0 Å². The van der Waals surface area contributed by atoms with E-state index >= 15 is 0 Å². The molecule has 0 saturated carbocycles. The first-order valence-electron chi connectivity index (χ1n) is 6.46. The monoisotopic (exact) mass is 290 g/mol. The first kappa shape index (κ1) is 14.3. The Balaban J connectivity index is 2.09. The maximum Gasteiger partial charge on any atom is 0.130 e. The Bertz CT molecular complexity index is 605. The van der Waals surface area contributed by atoms with Gasteiger partial charge >= 0.3 is 0 Å². The maximum atomic E-state index is 5.21. The molecule has 1 aromatic heterocycles. The Labute approximate surface area is 123 Å². The van der Waals surface area contributed by atoms with Crippen LogP contribution >= 0.6 is 24.0 Å². The van der Waals surface area contributed by atoms with Crippen LogP contribution < -0.4 is 0 Å². The van der Waals surface area contributed by atoms with Crippen LogP contribution in [0.1, 0.15) is 30.4 Å². The zero-order valence-electron chi connectivity index (χ0n) is 11.3. The fourth-order valence-corrected chi connectivity index (χ4v) is 3.03. The minimum absolute atomic E-state index is 0.682. The molecule has 4 heteroatoms. The van der Waals surface area contributed by atoms with Crippen molar-refractivity contribution in [1.29, 1.82) is 0 Å². The van der Waals surface area contributed by atoms with E-state index in [9.17, 15) is 0 Å². The van der Waals surface area contributed by atoms with Crippen LogP contribution in [0.25, 0.3) is 0 Å². The fourth-order valence-electron chi connectivity index (χ4n) is 1.89. The van der Waals surface area contributed by atoms with Crippen LogP contribution in [-0.2, 0) is 12.2 Å². The molecule has 1 aromatic carbocycles. The largest absolute Gasteiger partial charge is 0.346 e. The molecule has 0 aliphatic carbocycles. The number of aryl methyl sites for hydroxylation is 2. The fraction of sp³-hybridized carbons (Fsp3) is 0.333. The minimum atomic E-state index is 0.682. The second-order valence-electron chi connectivity index (χ2n) is 4.55. The smallest absolute Gasteiger partial charge is 0.130 e. The molecule has 0 amide bonds. The molecular weight excluding hydrogens is 272 g/mol. The van der Waals surface area contributed by atoms with E-state index in [1.54, 1.807) is 11.8 Å². The van der Waals surface area contributed by atoms with Gasteiger partial charge in [0.1, 0.15) is 10.5 Å². The molecule has 0 bridgehead atoms. The summed E-state index contributed by atoms with van der Waals surface area (Å²) in [6, 6.07) is 10.5. The summed E-state index contributed by atoms with van der Waals surface area (Å²) in [5.74, 6) is 1.78. The van der Waals surface area contributed by atoms with Crippen molar-refractivity contribution in [2.45, 2.75) is 37.3 Å². The molecule has 2 rings (SSSR count). The van der Waals surface area contributed by atoms with E-state index in [1.807, 2.05) is 6.07 Å². The number of thioether (sulfide) groups is 1. The topological polar surface area (TPSA) is 28.7 Å². The number of rotatable bonds is 5. The van der Waals surface area contributed by atoms with Gasteiger partial charge in [-0.1, -0.05) is 43.3 Å². The summed E-state index contributed by atoms with van der Waals surface area (Å²) in [5, 5.41) is 0. The first-order valence-corrected chi connectivity index (χ1v) is 7.85. The number of nitrogens with zero attached hydrogens (tertiary/aromatic N) is 1. The number of H-pyrrole nitrogens is 1. The predicted octanol–water partition coefficient (Wildman–Crippen LogP) is 4.69.